The molecule has 3 nitrogen and oxygen atoms in total. The normalized spacial score (nSPS) is 17.5. The van der Waals surface area contributed by atoms with Crippen LogP contribution in [-0.2, 0) is 6.54 Å². The molecule has 1 aromatic rings. The van der Waals surface area contributed by atoms with Gasteiger partial charge in [0.2, 0.25) is 0 Å². The highest BCUT2D eigenvalue weighted by atomic mass is 16.5. The molecule has 1 aliphatic carbocycles. The summed E-state index contributed by atoms with van der Waals surface area (Å²) in [6, 6.07) is 0.777. The molecule has 1 fully saturated rings. The van der Waals surface area contributed by atoms with Crippen LogP contribution >= 0.6 is 0 Å². The molecule has 0 aliphatic heterocycles. The quantitative estimate of drug-likeness (QED) is 0.784. The molecule has 2 rings (SSSR count). The van der Waals surface area contributed by atoms with Crippen molar-refractivity contribution in [1.29, 1.82) is 0 Å². The fraction of sp³-hybridized carbons (Fsp3) is 0.769. The Balaban J connectivity index is 2.06. The van der Waals surface area contributed by atoms with E-state index in [2.05, 4.69) is 17.0 Å². The third-order valence-electron chi connectivity index (χ3n) is 3.79. The van der Waals surface area contributed by atoms with E-state index in [0.29, 0.717) is 0 Å². The van der Waals surface area contributed by atoms with E-state index in [4.69, 9.17) is 4.52 Å². The van der Waals surface area contributed by atoms with E-state index in [1.54, 1.807) is 0 Å². The lowest BCUT2D eigenvalue weighted by molar-refractivity contribution is 0.199. The largest absolute Gasteiger partial charge is 0.361 e. The van der Waals surface area contributed by atoms with Gasteiger partial charge in [-0.25, -0.2) is 0 Å². The van der Waals surface area contributed by atoms with Gasteiger partial charge in [0.1, 0.15) is 5.76 Å². The first-order valence-corrected chi connectivity index (χ1v) is 6.38. The van der Waals surface area contributed by atoms with Crippen molar-refractivity contribution in [1.82, 2.24) is 10.1 Å². The van der Waals surface area contributed by atoms with Crippen LogP contribution in [0.3, 0.4) is 0 Å². The van der Waals surface area contributed by atoms with E-state index < -0.39 is 0 Å². The summed E-state index contributed by atoms with van der Waals surface area (Å²) in [5.41, 5.74) is 2.34. The Labute approximate surface area is 97.8 Å². The van der Waals surface area contributed by atoms with Crippen molar-refractivity contribution >= 4 is 0 Å². The fourth-order valence-corrected chi connectivity index (χ4v) is 2.70. The van der Waals surface area contributed by atoms with Gasteiger partial charge >= 0.3 is 0 Å². The Bertz CT molecular complexity index is 320. The topological polar surface area (TPSA) is 29.3 Å². The van der Waals surface area contributed by atoms with E-state index in [-0.39, 0.29) is 0 Å². The third-order valence-corrected chi connectivity index (χ3v) is 3.79. The van der Waals surface area contributed by atoms with Crippen LogP contribution in [0, 0.1) is 13.8 Å². The highest BCUT2D eigenvalue weighted by molar-refractivity contribution is 5.20. The Morgan fingerprint density at radius 3 is 2.50 bits per heavy atom. The first-order chi connectivity index (χ1) is 7.72. The number of nitrogens with zero attached hydrogens (tertiary/aromatic N) is 2. The van der Waals surface area contributed by atoms with Gasteiger partial charge in [-0.1, -0.05) is 24.9 Å². The Hall–Kier alpha value is -0.830. The summed E-state index contributed by atoms with van der Waals surface area (Å²) >= 11 is 0. The second-order valence-electron chi connectivity index (χ2n) is 4.80. The molecule has 0 N–H and O–H groups in total. The van der Waals surface area contributed by atoms with Gasteiger partial charge in [0.05, 0.1) is 5.69 Å². The van der Waals surface area contributed by atoms with Crippen LogP contribution in [0.4, 0.5) is 0 Å². The van der Waals surface area contributed by atoms with Gasteiger partial charge in [-0.3, -0.25) is 4.90 Å². The molecule has 1 saturated carbocycles. The van der Waals surface area contributed by atoms with E-state index in [9.17, 15) is 0 Å². The minimum absolute atomic E-state index is 0.777. The van der Waals surface area contributed by atoms with E-state index in [1.807, 2.05) is 13.8 Å². The van der Waals surface area contributed by atoms with Crippen molar-refractivity contribution < 1.29 is 4.52 Å². The highest BCUT2D eigenvalue weighted by Crippen LogP contribution is 2.26. The fourth-order valence-electron chi connectivity index (χ4n) is 2.70. The summed E-state index contributed by atoms with van der Waals surface area (Å²) in [6.07, 6.45) is 5.50. The number of aryl methyl sites for hydroxylation is 2. The average Bonchev–Trinajstić information content (AvgIpc) is 2.89. The second-order valence-corrected chi connectivity index (χ2v) is 4.80. The van der Waals surface area contributed by atoms with Gasteiger partial charge in [0.25, 0.3) is 0 Å². The van der Waals surface area contributed by atoms with Crippen molar-refractivity contribution in [3.8, 4) is 0 Å². The standard InChI is InChI=1S/C13H22N2O/c1-4-15(12-7-5-6-8-12)9-13-10(2)14-16-11(13)3/h12H,4-9H2,1-3H3. The van der Waals surface area contributed by atoms with E-state index in [0.717, 1.165) is 30.6 Å². The lowest BCUT2D eigenvalue weighted by atomic mass is 10.1. The average molecular weight is 222 g/mol. The van der Waals surface area contributed by atoms with Crippen LogP contribution in [0.5, 0.6) is 0 Å². The number of rotatable bonds is 4. The molecule has 1 aliphatic rings. The summed E-state index contributed by atoms with van der Waals surface area (Å²) in [6.45, 7) is 8.42. The maximum atomic E-state index is 5.23. The molecule has 1 heterocycles. The highest BCUT2D eigenvalue weighted by Gasteiger charge is 2.23. The summed E-state index contributed by atoms with van der Waals surface area (Å²) in [4.78, 5) is 2.57. The Kier molecular flexibility index (Phi) is 3.64. The van der Waals surface area contributed by atoms with E-state index >= 15 is 0 Å². The van der Waals surface area contributed by atoms with Crippen LogP contribution in [0.25, 0.3) is 0 Å². The Morgan fingerprint density at radius 2 is 2.00 bits per heavy atom. The molecule has 0 spiro atoms. The van der Waals surface area contributed by atoms with Crippen LogP contribution in [0.1, 0.15) is 49.6 Å². The van der Waals surface area contributed by atoms with Crippen LogP contribution in [0.2, 0.25) is 0 Å². The molecule has 1 aromatic heterocycles. The van der Waals surface area contributed by atoms with Crippen molar-refractivity contribution in [2.45, 2.75) is 59.0 Å². The molecule has 0 bridgehead atoms. The predicted molar refractivity (Wildman–Crippen MR) is 64.3 cm³/mol. The minimum atomic E-state index is 0.777. The summed E-state index contributed by atoms with van der Waals surface area (Å²) in [5, 5.41) is 4.03. The first-order valence-electron chi connectivity index (χ1n) is 6.38. The van der Waals surface area contributed by atoms with Crippen LogP contribution < -0.4 is 0 Å². The predicted octanol–water partition coefficient (Wildman–Crippen LogP) is 3.06. The van der Waals surface area contributed by atoms with Crippen molar-refractivity contribution in [3.63, 3.8) is 0 Å². The zero-order valence-corrected chi connectivity index (χ0v) is 10.6. The summed E-state index contributed by atoms with van der Waals surface area (Å²) in [5.74, 6) is 0.981. The molecule has 0 saturated heterocycles. The summed E-state index contributed by atoms with van der Waals surface area (Å²) < 4.78 is 5.23. The van der Waals surface area contributed by atoms with Gasteiger partial charge in [0, 0.05) is 18.2 Å². The van der Waals surface area contributed by atoms with Gasteiger partial charge in [-0.15, -0.1) is 0 Å². The second kappa shape index (κ2) is 5.00. The molecule has 0 aromatic carbocycles. The van der Waals surface area contributed by atoms with E-state index in [1.165, 1.54) is 31.2 Å². The zero-order valence-electron chi connectivity index (χ0n) is 10.6. The monoisotopic (exact) mass is 222 g/mol. The maximum absolute atomic E-state index is 5.23. The van der Waals surface area contributed by atoms with Gasteiger partial charge < -0.3 is 4.52 Å². The number of hydrogen-bond donors (Lipinski definition) is 0. The lowest BCUT2D eigenvalue weighted by Crippen LogP contribution is -2.32. The molecule has 90 valence electrons. The third kappa shape index (κ3) is 2.29. The smallest absolute Gasteiger partial charge is 0.138 e. The van der Waals surface area contributed by atoms with Crippen molar-refractivity contribution in [2.24, 2.45) is 0 Å². The van der Waals surface area contributed by atoms with Crippen LogP contribution in [0.15, 0.2) is 4.52 Å². The number of hydrogen-bond acceptors (Lipinski definition) is 3. The molecule has 0 unspecified atom stereocenters. The molecular weight excluding hydrogens is 200 g/mol. The van der Waals surface area contributed by atoms with Crippen LogP contribution in [-0.4, -0.2) is 22.6 Å². The molecule has 0 atom stereocenters. The van der Waals surface area contributed by atoms with Crippen molar-refractivity contribution in [3.05, 3.63) is 17.0 Å². The molecular formula is C13H22N2O. The lowest BCUT2D eigenvalue weighted by Gasteiger charge is -2.27. The number of aromatic nitrogens is 1. The van der Waals surface area contributed by atoms with Gasteiger partial charge in [0.15, 0.2) is 0 Å². The minimum Gasteiger partial charge on any atom is -0.361 e. The SMILES string of the molecule is CCN(Cc1c(C)noc1C)C1CCCC1. The maximum Gasteiger partial charge on any atom is 0.138 e. The van der Waals surface area contributed by atoms with Gasteiger partial charge in [-0.05, 0) is 33.2 Å². The van der Waals surface area contributed by atoms with Crippen molar-refractivity contribution in [2.75, 3.05) is 6.54 Å². The molecule has 0 radical (unpaired) electrons. The van der Waals surface area contributed by atoms with Gasteiger partial charge in [-0.2, -0.15) is 0 Å². The Morgan fingerprint density at radius 1 is 1.31 bits per heavy atom. The first kappa shape index (κ1) is 11.6. The zero-order chi connectivity index (χ0) is 11.5. The molecule has 0 amide bonds. The summed E-state index contributed by atoms with van der Waals surface area (Å²) in [7, 11) is 0. The molecule has 3 heteroatoms. The molecule has 16 heavy (non-hydrogen) atoms.